The van der Waals surface area contributed by atoms with Crippen molar-refractivity contribution in [3.63, 3.8) is 0 Å². The number of nitrogens with one attached hydrogen (secondary N) is 1. The number of H-pyrrole nitrogens is 1. The van der Waals surface area contributed by atoms with E-state index >= 15 is 0 Å². The summed E-state index contributed by atoms with van der Waals surface area (Å²) in [6.07, 6.45) is 2.91. The lowest BCUT2D eigenvalue weighted by Gasteiger charge is -2.11. The van der Waals surface area contributed by atoms with Gasteiger partial charge >= 0.3 is 0 Å². The molecular weight excluding hydrogens is 218 g/mol. The first-order valence-electron chi connectivity index (χ1n) is 6.08. The molecule has 5 nitrogen and oxygen atoms in total. The number of aromatic nitrogens is 2. The highest BCUT2D eigenvalue weighted by Crippen LogP contribution is 2.18. The smallest absolute Gasteiger partial charge is 0.256 e. The number of hydrogen-bond donors (Lipinski definition) is 2. The maximum absolute atomic E-state index is 11.9. The Morgan fingerprint density at radius 3 is 2.88 bits per heavy atom. The Morgan fingerprint density at radius 2 is 2.35 bits per heavy atom. The lowest BCUT2D eigenvalue weighted by Crippen LogP contribution is -2.23. The van der Waals surface area contributed by atoms with E-state index in [1.165, 1.54) is 0 Å². The Kier molecular flexibility index (Phi) is 3.47. The third-order valence-corrected chi connectivity index (χ3v) is 3.06. The van der Waals surface area contributed by atoms with Crippen LogP contribution in [0.2, 0.25) is 0 Å². The highest BCUT2D eigenvalue weighted by Gasteiger charge is 2.19. The first kappa shape index (κ1) is 12.1. The Balaban J connectivity index is 2.22. The molecule has 1 fully saturated rings. The normalized spacial score (nSPS) is 20.1. The summed E-state index contributed by atoms with van der Waals surface area (Å²) in [5.74, 6) is 1.06. The van der Waals surface area contributed by atoms with Crippen LogP contribution >= 0.6 is 0 Å². The number of hydrogen-bond acceptors (Lipinski definition) is 4. The zero-order valence-corrected chi connectivity index (χ0v) is 10.3. The third-order valence-electron chi connectivity index (χ3n) is 3.06. The molecule has 0 spiro atoms. The molecule has 2 rings (SSSR count). The Hall–Kier alpha value is -1.36. The van der Waals surface area contributed by atoms with Crippen LogP contribution in [0.1, 0.15) is 44.0 Å². The van der Waals surface area contributed by atoms with Crippen molar-refractivity contribution in [2.75, 3.05) is 12.3 Å². The molecule has 0 bridgehead atoms. The quantitative estimate of drug-likeness (QED) is 0.827. The minimum atomic E-state index is -0.125. The number of rotatable bonds is 3. The first-order valence-corrected chi connectivity index (χ1v) is 6.08. The van der Waals surface area contributed by atoms with Gasteiger partial charge in [0.2, 0.25) is 0 Å². The van der Waals surface area contributed by atoms with E-state index in [4.69, 9.17) is 10.5 Å². The van der Waals surface area contributed by atoms with Crippen molar-refractivity contribution < 1.29 is 4.74 Å². The molecule has 1 unspecified atom stereocenters. The zero-order valence-electron chi connectivity index (χ0n) is 10.3. The molecule has 0 saturated carbocycles. The van der Waals surface area contributed by atoms with Crippen molar-refractivity contribution >= 4 is 5.82 Å². The van der Waals surface area contributed by atoms with Gasteiger partial charge in [-0.2, -0.15) is 0 Å². The van der Waals surface area contributed by atoms with Gasteiger partial charge in [0.1, 0.15) is 11.6 Å². The second kappa shape index (κ2) is 4.87. The second-order valence-electron chi connectivity index (χ2n) is 4.81. The second-order valence-corrected chi connectivity index (χ2v) is 4.81. The summed E-state index contributed by atoms with van der Waals surface area (Å²) in [7, 11) is 0. The van der Waals surface area contributed by atoms with Gasteiger partial charge in [-0.3, -0.25) is 4.79 Å². The summed E-state index contributed by atoms with van der Waals surface area (Å²) in [6.45, 7) is 4.67. The molecular formula is C12H19N3O2. The van der Waals surface area contributed by atoms with Crippen LogP contribution in [0.25, 0.3) is 0 Å². The maximum atomic E-state index is 11.9. The monoisotopic (exact) mass is 237 g/mol. The van der Waals surface area contributed by atoms with Crippen molar-refractivity contribution in [2.45, 2.75) is 45.1 Å². The molecule has 2 heterocycles. The molecule has 3 N–H and O–H groups in total. The highest BCUT2D eigenvalue weighted by atomic mass is 16.5. The van der Waals surface area contributed by atoms with Gasteiger partial charge in [0.15, 0.2) is 0 Å². The molecule has 0 aliphatic carbocycles. The molecule has 1 aromatic heterocycles. The average molecular weight is 237 g/mol. The Morgan fingerprint density at radius 1 is 1.59 bits per heavy atom. The van der Waals surface area contributed by atoms with Crippen LogP contribution in [0.5, 0.6) is 0 Å². The molecule has 1 aliphatic rings. The number of nitrogen functional groups attached to an aromatic ring is 1. The molecule has 94 valence electrons. The van der Waals surface area contributed by atoms with Crippen LogP contribution in [0.3, 0.4) is 0 Å². The van der Waals surface area contributed by atoms with Crippen molar-refractivity contribution in [1.29, 1.82) is 0 Å². The van der Waals surface area contributed by atoms with Crippen molar-refractivity contribution in [1.82, 2.24) is 9.97 Å². The predicted molar refractivity (Wildman–Crippen MR) is 66.0 cm³/mol. The van der Waals surface area contributed by atoms with Crippen LogP contribution < -0.4 is 11.3 Å². The molecule has 1 atom stereocenters. The minimum absolute atomic E-state index is 0.0861. The van der Waals surface area contributed by atoms with Crippen molar-refractivity contribution in [3.05, 3.63) is 21.7 Å². The summed E-state index contributed by atoms with van der Waals surface area (Å²) in [4.78, 5) is 18.9. The van der Waals surface area contributed by atoms with Crippen molar-refractivity contribution in [3.8, 4) is 0 Å². The maximum Gasteiger partial charge on any atom is 0.256 e. The molecule has 0 amide bonds. The van der Waals surface area contributed by atoms with Gasteiger partial charge in [0.05, 0.1) is 11.7 Å². The molecule has 1 saturated heterocycles. The third kappa shape index (κ3) is 2.66. The van der Waals surface area contributed by atoms with Gasteiger partial charge in [-0.15, -0.1) is 0 Å². The molecule has 1 aromatic rings. The zero-order chi connectivity index (χ0) is 12.4. The highest BCUT2D eigenvalue weighted by molar-refractivity contribution is 5.39. The van der Waals surface area contributed by atoms with Gasteiger partial charge in [0.25, 0.3) is 5.56 Å². The summed E-state index contributed by atoms with van der Waals surface area (Å²) < 4.78 is 5.51. The Bertz CT molecular complexity index is 448. The number of aromatic amines is 1. The van der Waals surface area contributed by atoms with Crippen LogP contribution in [0.15, 0.2) is 4.79 Å². The van der Waals surface area contributed by atoms with E-state index in [0.717, 1.165) is 19.4 Å². The van der Waals surface area contributed by atoms with Crippen LogP contribution in [-0.4, -0.2) is 22.7 Å². The fourth-order valence-electron chi connectivity index (χ4n) is 2.22. The molecule has 17 heavy (non-hydrogen) atoms. The van der Waals surface area contributed by atoms with Crippen LogP contribution in [-0.2, 0) is 11.2 Å². The van der Waals surface area contributed by atoms with E-state index in [1.54, 1.807) is 0 Å². The van der Waals surface area contributed by atoms with Crippen molar-refractivity contribution in [2.24, 2.45) is 0 Å². The van der Waals surface area contributed by atoms with Gasteiger partial charge in [-0.1, -0.05) is 13.8 Å². The Labute approximate surface area is 100 Å². The van der Waals surface area contributed by atoms with E-state index in [0.29, 0.717) is 23.6 Å². The summed E-state index contributed by atoms with van der Waals surface area (Å²) in [5, 5.41) is 0. The summed E-state index contributed by atoms with van der Waals surface area (Å²) in [5.41, 5.74) is 6.27. The molecule has 0 aromatic carbocycles. The summed E-state index contributed by atoms with van der Waals surface area (Å²) >= 11 is 0. The number of nitrogens with two attached hydrogens (primary N) is 1. The average Bonchev–Trinajstić information content (AvgIpc) is 2.68. The first-order chi connectivity index (χ1) is 8.08. The van der Waals surface area contributed by atoms with Crippen LogP contribution in [0.4, 0.5) is 5.82 Å². The fourth-order valence-corrected chi connectivity index (χ4v) is 2.22. The lowest BCUT2D eigenvalue weighted by molar-refractivity contribution is 0.110. The van der Waals surface area contributed by atoms with Crippen LogP contribution in [0, 0.1) is 0 Å². The van der Waals surface area contributed by atoms with Gasteiger partial charge in [-0.25, -0.2) is 4.98 Å². The standard InChI is InChI=1S/C12H19N3O2/c1-7(2)10-11(13)14-9(15-12(10)16)6-8-4-3-5-17-8/h7-8H,3-6H2,1-2H3,(H3,13,14,15,16). The molecule has 5 heteroatoms. The SMILES string of the molecule is CC(C)c1c(N)nc(CC2CCCO2)[nH]c1=O. The molecule has 1 aliphatic heterocycles. The minimum Gasteiger partial charge on any atom is -0.383 e. The number of ether oxygens (including phenoxy) is 1. The van der Waals surface area contributed by atoms with Gasteiger partial charge in [0, 0.05) is 13.0 Å². The molecule has 0 radical (unpaired) electrons. The van der Waals surface area contributed by atoms with E-state index < -0.39 is 0 Å². The lowest BCUT2D eigenvalue weighted by atomic mass is 10.1. The summed E-state index contributed by atoms with van der Waals surface area (Å²) in [6, 6.07) is 0. The predicted octanol–water partition coefficient (Wildman–Crippen LogP) is 1.20. The van der Waals surface area contributed by atoms with E-state index in [1.807, 2.05) is 13.8 Å². The van der Waals surface area contributed by atoms with E-state index in [-0.39, 0.29) is 17.6 Å². The topological polar surface area (TPSA) is 81.0 Å². The fraction of sp³-hybridized carbons (Fsp3) is 0.667. The largest absolute Gasteiger partial charge is 0.383 e. The number of nitrogens with zero attached hydrogens (tertiary/aromatic N) is 1. The van der Waals surface area contributed by atoms with E-state index in [2.05, 4.69) is 9.97 Å². The van der Waals surface area contributed by atoms with Gasteiger partial charge < -0.3 is 15.5 Å². The van der Waals surface area contributed by atoms with E-state index in [9.17, 15) is 4.79 Å². The number of anilines is 1. The van der Waals surface area contributed by atoms with Gasteiger partial charge in [-0.05, 0) is 18.8 Å².